The molecule has 1 N–H and O–H groups in total. The second-order valence-electron chi connectivity index (χ2n) is 5.32. The summed E-state index contributed by atoms with van der Waals surface area (Å²) in [5, 5.41) is 3.52. The molecule has 1 aromatic heterocycles. The molecule has 0 saturated heterocycles. The molecule has 0 radical (unpaired) electrons. The third-order valence-electron chi connectivity index (χ3n) is 3.53. The van der Waals surface area contributed by atoms with Gasteiger partial charge < -0.3 is 14.8 Å². The van der Waals surface area contributed by atoms with Gasteiger partial charge in [-0.1, -0.05) is 23.7 Å². The molecule has 138 valence electrons. The van der Waals surface area contributed by atoms with Crippen molar-refractivity contribution in [1.82, 2.24) is 0 Å². The number of carbonyl (C=O) groups excluding carboxylic acids is 3. The molecule has 2 aromatic rings. The van der Waals surface area contributed by atoms with Crippen molar-refractivity contribution in [3.05, 3.63) is 50.9 Å². The van der Waals surface area contributed by atoms with E-state index in [4.69, 9.17) is 21.1 Å². The summed E-state index contributed by atoms with van der Waals surface area (Å²) in [6.07, 6.45) is 0.101. The van der Waals surface area contributed by atoms with E-state index < -0.39 is 11.9 Å². The Labute approximate surface area is 160 Å². The summed E-state index contributed by atoms with van der Waals surface area (Å²) >= 11 is 6.82. The van der Waals surface area contributed by atoms with E-state index in [-0.39, 0.29) is 34.4 Å². The van der Waals surface area contributed by atoms with Gasteiger partial charge in [-0.15, -0.1) is 11.3 Å². The zero-order valence-electron chi connectivity index (χ0n) is 14.6. The number of ether oxygens (including phenoxy) is 2. The van der Waals surface area contributed by atoms with Crippen LogP contribution in [0.1, 0.15) is 38.1 Å². The van der Waals surface area contributed by atoms with Crippen LogP contribution in [0.15, 0.2) is 24.3 Å². The third kappa shape index (κ3) is 4.62. The van der Waals surface area contributed by atoms with Crippen LogP contribution in [0.3, 0.4) is 0 Å². The molecule has 2 rings (SSSR count). The minimum absolute atomic E-state index is 0.101. The molecule has 1 amide bonds. The minimum atomic E-state index is -0.629. The van der Waals surface area contributed by atoms with Gasteiger partial charge in [0, 0.05) is 5.02 Å². The second-order valence-corrected chi connectivity index (χ2v) is 6.78. The lowest BCUT2D eigenvalue weighted by Gasteiger charge is -2.06. The molecule has 0 bridgehead atoms. The van der Waals surface area contributed by atoms with Crippen LogP contribution in [0, 0.1) is 6.92 Å². The van der Waals surface area contributed by atoms with Crippen molar-refractivity contribution in [3.63, 3.8) is 0 Å². The molecule has 1 aromatic carbocycles. The predicted octanol–water partition coefficient (Wildman–Crippen LogP) is 3.85. The summed E-state index contributed by atoms with van der Waals surface area (Å²) in [5.74, 6) is -1.50. The van der Waals surface area contributed by atoms with Crippen LogP contribution >= 0.6 is 22.9 Å². The number of esters is 2. The van der Waals surface area contributed by atoms with Crippen molar-refractivity contribution in [1.29, 1.82) is 0 Å². The Balaban J connectivity index is 2.27. The zero-order valence-corrected chi connectivity index (χ0v) is 16.1. The van der Waals surface area contributed by atoms with Gasteiger partial charge in [-0.3, -0.25) is 4.79 Å². The van der Waals surface area contributed by atoms with Crippen molar-refractivity contribution >= 4 is 45.8 Å². The molecule has 26 heavy (non-hydrogen) atoms. The van der Waals surface area contributed by atoms with Crippen molar-refractivity contribution in [2.24, 2.45) is 0 Å². The number of methoxy groups -OCH3 is 1. The van der Waals surface area contributed by atoms with E-state index in [1.54, 1.807) is 38.1 Å². The smallest absolute Gasteiger partial charge is 0.348 e. The van der Waals surface area contributed by atoms with Crippen molar-refractivity contribution in [3.8, 4) is 0 Å². The lowest BCUT2D eigenvalue weighted by Crippen LogP contribution is -2.16. The summed E-state index contributed by atoms with van der Waals surface area (Å²) in [6.45, 7) is 3.52. The molecule has 0 unspecified atom stereocenters. The standard InChI is InChI=1S/C18H18ClNO5S/c1-4-25-18(23)15-10(2)14(17(22)24-3)16(26-15)20-13(21)9-11-5-7-12(19)8-6-11/h5-8H,4,9H2,1-3H3,(H,20,21). The molecular formula is C18H18ClNO5S. The van der Waals surface area contributed by atoms with Crippen LogP contribution in [0.2, 0.25) is 5.02 Å². The highest BCUT2D eigenvalue weighted by molar-refractivity contribution is 7.18. The first kappa shape index (κ1) is 19.9. The average molecular weight is 396 g/mol. The summed E-state index contributed by atoms with van der Waals surface area (Å²) in [5.41, 5.74) is 1.34. The van der Waals surface area contributed by atoms with Crippen LogP contribution in [-0.4, -0.2) is 31.6 Å². The highest BCUT2D eigenvalue weighted by atomic mass is 35.5. The molecule has 0 aliphatic carbocycles. The third-order valence-corrected chi connectivity index (χ3v) is 4.97. The van der Waals surface area contributed by atoms with Gasteiger partial charge in [-0.2, -0.15) is 0 Å². The van der Waals surface area contributed by atoms with Gasteiger partial charge in [-0.25, -0.2) is 9.59 Å². The van der Waals surface area contributed by atoms with Gasteiger partial charge in [0.05, 0.1) is 25.7 Å². The van der Waals surface area contributed by atoms with Crippen molar-refractivity contribution in [2.75, 3.05) is 19.0 Å². The summed E-state index contributed by atoms with van der Waals surface area (Å²) in [7, 11) is 1.24. The van der Waals surface area contributed by atoms with E-state index in [1.165, 1.54) is 7.11 Å². The maximum Gasteiger partial charge on any atom is 0.348 e. The highest BCUT2D eigenvalue weighted by Gasteiger charge is 2.26. The number of rotatable bonds is 6. The summed E-state index contributed by atoms with van der Waals surface area (Å²) < 4.78 is 9.77. The first-order valence-electron chi connectivity index (χ1n) is 7.80. The Bertz CT molecular complexity index is 829. The number of thiophene rings is 1. The summed E-state index contributed by atoms with van der Waals surface area (Å²) in [6, 6.07) is 6.87. The van der Waals surface area contributed by atoms with Crippen LogP contribution in [0.4, 0.5) is 5.00 Å². The Morgan fingerprint density at radius 1 is 1.15 bits per heavy atom. The van der Waals surface area contributed by atoms with E-state index >= 15 is 0 Å². The van der Waals surface area contributed by atoms with Gasteiger partial charge in [0.15, 0.2) is 0 Å². The van der Waals surface area contributed by atoms with Crippen LogP contribution in [0.25, 0.3) is 0 Å². The fourth-order valence-electron chi connectivity index (χ4n) is 2.30. The van der Waals surface area contributed by atoms with E-state index in [1.807, 2.05) is 0 Å². The normalized spacial score (nSPS) is 10.3. The maximum atomic E-state index is 12.3. The SMILES string of the molecule is CCOC(=O)c1sc(NC(=O)Cc2ccc(Cl)cc2)c(C(=O)OC)c1C. The van der Waals surface area contributed by atoms with Gasteiger partial charge in [0.25, 0.3) is 0 Å². The first-order chi connectivity index (χ1) is 12.4. The van der Waals surface area contributed by atoms with Crippen LogP contribution < -0.4 is 5.32 Å². The fraction of sp³-hybridized carbons (Fsp3) is 0.278. The molecule has 6 nitrogen and oxygen atoms in total. The van der Waals surface area contributed by atoms with E-state index in [9.17, 15) is 14.4 Å². The Hall–Kier alpha value is -2.38. The Morgan fingerprint density at radius 3 is 2.38 bits per heavy atom. The Morgan fingerprint density at radius 2 is 1.81 bits per heavy atom. The lowest BCUT2D eigenvalue weighted by molar-refractivity contribution is -0.115. The number of nitrogens with one attached hydrogen (secondary N) is 1. The van der Waals surface area contributed by atoms with Crippen molar-refractivity contribution in [2.45, 2.75) is 20.3 Å². The van der Waals surface area contributed by atoms with E-state index in [0.29, 0.717) is 10.6 Å². The molecular weight excluding hydrogens is 378 g/mol. The largest absolute Gasteiger partial charge is 0.465 e. The van der Waals surface area contributed by atoms with Crippen LogP contribution in [-0.2, 0) is 20.7 Å². The monoisotopic (exact) mass is 395 g/mol. The quantitative estimate of drug-likeness (QED) is 0.751. The average Bonchev–Trinajstić information content (AvgIpc) is 2.92. The number of amides is 1. The number of hydrogen-bond donors (Lipinski definition) is 1. The predicted molar refractivity (Wildman–Crippen MR) is 100 cm³/mol. The highest BCUT2D eigenvalue weighted by Crippen LogP contribution is 2.34. The van der Waals surface area contributed by atoms with Crippen LogP contribution in [0.5, 0.6) is 0 Å². The molecule has 0 fully saturated rings. The van der Waals surface area contributed by atoms with Gasteiger partial charge in [-0.05, 0) is 37.1 Å². The fourth-order valence-corrected chi connectivity index (χ4v) is 3.53. The zero-order chi connectivity index (χ0) is 19.3. The number of benzene rings is 1. The molecule has 1 heterocycles. The van der Waals surface area contributed by atoms with Gasteiger partial charge in [0.2, 0.25) is 5.91 Å². The molecule has 0 atom stereocenters. The number of halogens is 1. The lowest BCUT2D eigenvalue weighted by atomic mass is 10.1. The minimum Gasteiger partial charge on any atom is -0.465 e. The van der Waals surface area contributed by atoms with Gasteiger partial charge in [0.1, 0.15) is 9.88 Å². The molecule has 0 aliphatic heterocycles. The van der Waals surface area contributed by atoms with Crippen molar-refractivity contribution < 1.29 is 23.9 Å². The number of hydrogen-bond acceptors (Lipinski definition) is 6. The molecule has 0 aliphatic rings. The molecule has 8 heteroatoms. The molecule has 0 spiro atoms. The van der Waals surface area contributed by atoms with Gasteiger partial charge >= 0.3 is 11.9 Å². The number of anilines is 1. The molecule has 0 saturated carbocycles. The maximum absolute atomic E-state index is 12.3. The summed E-state index contributed by atoms with van der Waals surface area (Å²) in [4.78, 5) is 36.8. The number of carbonyl (C=O) groups is 3. The topological polar surface area (TPSA) is 81.7 Å². The second kappa shape index (κ2) is 8.82. The first-order valence-corrected chi connectivity index (χ1v) is 8.99. The Kier molecular flexibility index (Phi) is 6.76. The van der Waals surface area contributed by atoms with E-state index in [0.717, 1.165) is 16.9 Å². The van der Waals surface area contributed by atoms with E-state index in [2.05, 4.69) is 5.32 Å².